The van der Waals surface area contributed by atoms with Gasteiger partial charge in [-0.05, 0) is 50.9 Å². The van der Waals surface area contributed by atoms with E-state index in [1.54, 1.807) is 12.1 Å². The normalized spacial score (nSPS) is 19.7. The Kier molecular flexibility index (Phi) is 3.76. The van der Waals surface area contributed by atoms with Crippen LogP contribution >= 0.6 is 0 Å². The summed E-state index contributed by atoms with van der Waals surface area (Å²) in [4.78, 5) is 4.59. The summed E-state index contributed by atoms with van der Waals surface area (Å²) in [6.45, 7) is 5.99. The number of nitrogens with one attached hydrogen (secondary N) is 1. The number of nitrogens with zero attached hydrogens (tertiary/aromatic N) is 2. The molecule has 1 aromatic heterocycles. The third kappa shape index (κ3) is 2.83. The number of hydrogen-bond donors (Lipinski definition) is 1. The van der Waals surface area contributed by atoms with Crippen LogP contribution in [0.3, 0.4) is 0 Å². The first-order chi connectivity index (χ1) is 10.1. The van der Waals surface area contributed by atoms with Crippen molar-refractivity contribution in [3.05, 3.63) is 47.4 Å². The van der Waals surface area contributed by atoms with Crippen molar-refractivity contribution in [1.29, 1.82) is 0 Å². The van der Waals surface area contributed by atoms with Gasteiger partial charge in [0.05, 0.1) is 11.3 Å². The molecular weight excluding hydrogens is 269 g/mol. The lowest BCUT2D eigenvalue weighted by atomic mass is 9.84. The van der Waals surface area contributed by atoms with Crippen LogP contribution in [0.2, 0.25) is 0 Å². The molecule has 21 heavy (non-hydrogen) atoms. The van der Waals surface area contributed by atoms with E-state index in [9.17, 15) is 4.39 Å². The molecule has 1 fully saturated rings. The van der Waals surface area contributed by atoms with Crippen LogP contribution in [-0.2, 0) is 5.41 Å². The molecule has 0 unspecified atom stereocenters. The van der Waals surface area contributed by atoms with Gasteiger partial charge in [0.25, 0.3) is 0 Å². The lowest BCUT2D eigenvalue weighted by molar-refractivity contribution is 0.317. The highest BCUT2D eigenvalue weighted by atomic mass is 19.1. The molecule has 0 saturated carbocycles. The van der Waals surface area contributed by atoms with Crippen molar-refractivity contribution < 1.29 is 8.91 Å². The Bertz CT molecular complexity index is 600. The first kappa shape index (κ1) is 14.2. The average Bonchev–Trinajstić information content (AvgIpc) is 2.99. The van der Waals surface area contributed by atoms with Crippen LogP contribution in [0, 0.1) is 5.82 Å². The molecule has 1 atom stereocenters. The fourth-order valence-electron chi connectivity index (χ4n) is 2.71. The molecule has 1 aromatic carbocycles. The van der Waals surface area contributed by atoms with Crippen LogP contribution in [0.15, 0.2) is 28.8 Å². The highest BCUT2D eigenvalue weighted by Gasteiger charge is 2.31. The van der Waals surface area contributed by atoms with Crippen molar-refractivity contribution in [2.45, 2.75) is 38.0 Å². The van der Waals surface area contributed by atoms with Gasteiger partial charge in [0, 0.05) is 6.54 Å². The van der Waals surface area contributed by atoms with Crippen LogP contribution in [0.25, 0.3) is 0 Å². The number of benzene rings is 1. The van der Waals surface area contributed by atoms with Gasteiger partial charge < -0.3 is 9.84 Å². The van der Waals surface area contributed by atoms with Gasteiger partial charge in [0.15, 0.2) is 5.82 Å². The minimum Gasteiger partial charge on any atom is -0.339 e. The zero-order chi connectivity index (χ0) is 14.9. The Morgan fingerprint density at radius 2 is 2.05 bits per heavy atom. The Labute approximate surface area is 123 Å². The standard InChI is InChI=1S/C16H20FN3O/c1-16(2,12-5-7-13(17)8-6-12)15-19-14(21-20-15)11-4-3-9-18-10-11/h5-8,11,18H,3-4,9-10H2,1-2H3/t11-/m0/s1. The Balaban J connectivity index is 1.85. The zero-order valence-corrected chi connectivity index (χ0v) is 12.4. The summed E-state index contributed by atoms with van der Waals surface area (Å²) in [5.74, 6) is 1.41. The highest BCUT2D eigenvalue weighted by molar-refractivity contribution is 5.30. The molecule has 1 saturated heterocycles. The van der Waals surface area contributed by atoms with Crippen LogP contribution < -0.4 is 5.32 Å². The van der Waals surface area contributed by atoms with E-state index in [0.717, 1.165) is 31.5 Å². The lowest BCUT2D eigenvalue weighted by Gasteiger charge is -2.21. The van der Waals surface area contributed by atoms with Crippen molar-refractivity contribution >= 4 is 0 Å². The summed E-state index contributed by atoms with van der Waals surface area (Å²) in [7, 11) is 0. The molecule has 3 rings (SSSR count). The summed E-state index contributed by atoms with van der Waals surface area (Å²) in [5, 5.41) is 7.50. The molecule has 0 radical (unpaired) electrons. The molecule has 2 heterocycles. The van der Waals surface area contributed by atoms with E-state index in [-0.39, 0.29) is 5.82 Å². The maximum absolute atomic E-state index is 13.1. The summed E-state index contributed by atoms with van der Waals surface area (Å²) < 4.78 is 18.5. The Morgan fingerprint density at radius 1 is 1.29 bits per heavy atom. The monoisotopic (exact) mass is 289 g/mol. The van der Waals surface area contributed by atoms with Gasteiger partial charge in [-0.15, -0.1) is 0 Å². The zero-order valence-electron chi connectivity index (χ0n) is 12.4. The molecule has 0 aliphatic carbocycles. The van der Waals surface area contributed by atoms with Crippen molar-refractivity contribution in [2.24, 2.45) is 0 Å². The molecule has 5 heteroatoms. The van der Waals surface area contributed by atoms with Crippen molar-refractivity contribution in [3.8, 4) is 0 Å². The molecule has 1 aliphatic heterocycles. The van der Waals surface area contributed by atoms with Crippen LogP contribution in [0.4, 0.5) is 4.39 Å². The predicted molar refractivity (Wildman–Crippen MR) is 77.7 cm³/mol. The molecule has 0 bridgehead atoms. The summed E-state index contributed by atoms with van der Waals surface area (Å²) in [5.41, 5.74) is 0.565. The average molecular weight is 289 g/mol. The second-order valence-electron chi connectivity index (χ2n) is 6.13. The Morgan fingerprint density at radius 3 is 2.71 bits per heavy atom. The van der Waals surface area contributed by atoms with E-state index in [1.165, 1.54) is 12.1 Å². The molecule has 112 valence electrons. The van der Waals surface area contributed by atoms with E-state index in [0.29, 0.717) is 17.6 Å². The van der Waals surface area contributed by atoms with E-state index >= 15 is 0 Å². The predicted octanol–water partition coefficient (Wildman–Crippen LogP) is 3.00. The van der Waals surface area contributed by atoms with Crippen molar-refractivity contribution in [3.63, 3.8) is 0 Å². The van der Waals surface area contributed by atoms with Crippen molar-refractivity contribution in [2.75, 3.05) is 13.1 Å². The van der Waals surface area contributed by atoms with Gasteiger partial charge in [-0.3, -0.25) is 0 Å². The number of halogens is 1. The van der Waals surface area contributed by atoms with Gasteiger partial charge >= 0.3 is 0 Å². The summed E-state index contributed by atoms with van der Waals surface area (Å²) in [6.07, 6.45) is 2.20. The van der Waals surface area contributed by atoms with Gasteiger partial charge in [-0.1, -0.05) is 17.3 Å². The topological polar surface area (TPSA) is 51.0 Å². The Hall–Kier alpha value is -1.75. The van der Waals surface area contributed by atoms with E-state index in [2.05, 4.69) is 15.5 Å². The number of hydrogen-bond acceptors (Lipinski definition) is 4. The SMILES string of the molecule is CC(C)(c1ccc(F)cc1)c1noc([C@H]2CCCNC2)n1. The summed E-state index contributed by atoms with van der Waals surface area (Å²) >= 11 is 0. The smallest absolute Gasteiger partial charge is 0.231 e. The highest BCUT2D eigenvalue weighted by Crippen LogP contribution is 2.31. The van der Waals surface area contributed by atoms with E-state index in [4.69, 9.17) is 4.52 Å². The molecule has 2 aromatic rings. The first-order valence-electron chi connectivity index (χ1n) is 7.38. The van der Waals surface area contributed by atoms with Gasteiger partial charge in [0.1, 0.15) is 5.82 Å². The largest absolute Gasteiger partial charge is 0.339 e. The van der Waals surface area contributed by atoms with Gasteiger partial charge in [-0.2, -0.15) is 4.98 Å². The fraction of sp³-hybridized carbons (Fsp3) is 0.500. The van der Waals surface area contributed by atoms with Crippen molar-refractivity contribution in [1.82, 2.24) is 15.5 Å². The summed E-state index contributed by atoms with van der Waals surface area (Å²) in [6, 6.07) is 6.47. The fourth-order valence-corrected chi connectivity index (χ4v) is 2.71. The van der Waals surface area contributed by atoms with E-state index in [1.807, 2.05) is 13.8 Å². The second kappa shape index (κ2) is 5.56. The quantitative estimate of drug-likeness (QED) is 0.943. The molecule has 0 amide bonds. The van der Waals surface area contributed by atoms with Gasteiger partial charge in [-0.25, -0.2) is 4.39 Å². The van der Waals surface area contributed by atoms with E-state index < -0.39 is 5.41 Å². The lowest BCUT2D eigenvalue weighted by Crippen LogP contribution is -2.28. The second-order valence-corrected chi connectivity index (χ2v) is 6.13. The third-order valence-corrected chi connectivity index (χ3v) is 4.21. The molecule has 1 N–H and O–H groups in total. The number of piperidine rings is 1. The molecule has 0 spiro atoms. The molecule has 1 aliphatic rings. The minimum absolute atomic E-state index is 0.239. The van der Waals surface area contributed by atoms with Crippen LogP contribution in [0.1, 0.15) is 49.9 Å². The van der Waals surface area contributed by atoms with Crippen LogP contribution in [-0.4, -0.2) is 23.2 Å². The third-order valence-electron chi connectivity index (χ3n) is 4.21. The maximum atomic E-state index is 13.1. The molecule has 4 nitrogen and oxygen atoms in total. The maximum Gasteiger partial charge on any atom is 0.231 e. The number of rotatable bonds is 3. The van der Waals surface area contributed by atoms with Crippen LogP contribution in [0.5, 0.6) is 0 Å². The molecular formula is C16H20FN3O. The minimum atomic E-state index is -0.405. The van der Waals surface area contributed by atoms with Gasteiger partial charge in [0.2, 0.25) is 5.89 Å². The number of aromatic nitrogens is 2. The first-order valence-corrected chi connectivity index (χ1v) is 7.38.